The molecule has 0 bridgehead atoms. The van der Waals surface area contributed by atoms with Gasteiger partial charge in [0.25, 0.3) is 0 Å². The summed E-state index contributed by atoms with van der Waals surface area (Å²) in [6, 6.07) is 70.3. The molecule has 8 aromatic rings. The first-order valence-electron chi connectivity index (χ1n) is 21.8. The Morgan fingerprint density at radius 2 is 0.581 bits per heavy atom. The van der Waals surface area contributed by atoms with E-state index in [-0.39, 0.29) is 10.8 Å². The van der Waals surface area contributed by atoms with Crippen molar-refractivity contribution in [3.05, 3.63) is 261 Å². The van der Waals surface area contributed by atoms with E-state index in [9.17, 15) is 0 Å². The molecule has 62 heavy (non-hydrogen) atoms. The van der Waals surface area contributed by atoms with E-state index in [1.165, 1.54) is 66.4 Å². The molecule has 0 unspecified atom stereocenters. The lowest BCUT2D eigenvalue weighted by Gasteiger charge is -2.20. The van der Waals surface area contributed by atoms with Crippen LogP contribution in [0.1, 0.15) is 108 Å². The summed E-state index contributed by atoms with van der Waals surface area (Å²) < 4.78 is 0. The molecular weight excluding hydrogens is 745 g/mol. The summed E-state index contributed by atoms with van der Waals surface area (Å²) >= 11 is 0. The van der Waals surface area contributed by atoms with Crippen LogP contribution in [-0.4, -0.2) is 0 Å². The molecule has 0 heterocycles. The van der Waals surface area contributed by atoms with Crippen LogP contribution in [-0.2, 0) is 10.8 Å². The summed E-state index contributed by atoms with van der Waals surface area (Å²) in [6.45, 7) is 13.6. The van der Waals surface area contributed by atoms with Gasteiger partial charge in [-0.25, -0.2) is 0 Å². The maximum Gasteiger partial charge on any atom is -0.0105 e. The van der Waals surface area contributed by atoms with E-state index in [0.29, 0.717) is 0 Å². The largest absolute Gasteiger partial charge is 0.0622 e. The molecule has 0 saturated heterocycles. The number of hydrogen-bond donors (Lipinski definition) is 0. The number of fused-ring (bicyclic) bond motifs is 1. The molecule has 0 aromatic heterocycles. The van der Waals surface area contributed by atoms with Crippen LogP contribution in [0.25, 0.3) is 58.4 Å². The SMILES string of the molecule is CC(C)(C)c1ccc(/C(=C\c2ccccc2C=Cc2cc3ccccc3cc2C=Cc2ccccc2/C=C(/c2ccccc2)c2ccc(C(C)(C)C)cc2)c2ccccc2)cc1. The molecule has 0 nitrogen and oxygen atoms in total. The lowest BCUT2D eigenvalue weighted by molar-refractivity contribution is 0.590. The third kappa shape index (κ3) is 9.94. The van der Waals surface area contributed by atoms with Crippen LogP contribution in [0, 0.1) is 0 Å². The Balaban J connectivity index is 1.18. The molecule has 0 atom stereocenters. The minimum Gasteiger partial charge on any atom is -0.0622 e. The second-order valence-electron chi connectivity index (χ2n) is 18.3. The Hall–Kier alpha value is -7.02. The third-order valence-electron chi connectivity index (χ3n) is 11.7. The van der Waals surface area contributed by atoms with Crippen LogP contribution in [0.5, 0.6) is 0 Å². The summed E-state index contributed by atoms with van der Waals surface area (Å²) in [5.41, 5.74) is 17.0. The van der Waals surface area contributed by atoms with Gasteiger partial charge in [0.15, 0.2) is 0 Å². The lowest BCUT2D eigenvalue weighted by Crippen LogP contribution is -2.10. The van der Waals surface area contributed by atoms with E-state index >= 15 is 0 Å². The molecule has 0 aliphatic heterocycles. The molecule has 0 spiro atoms. The van der Waals surface area contributed by atoms with Crippen molar-refractivity contribution in [1.29, 1.82) is 0 Å². The van der Waals surface area contributed by atoms with Crippen molar-refractivity contribution in [3.8, 4) is 0 Å². The van der Waals surface area contributed by atoms with E-state index in [4.69, 9.17) is 0 Å². The summed E-state index contributed by atoms with van der Waals surface area (Å²) in [5, 5.41) is 2.44. The van der Waals surface area contributed by atoms with E-state index in [1.54, 1.807) is 0 Å². The minimum absolute atomic E-state index is 0.0923. The van der Waals surface area contributed by atoms with Gasteiger partial charge in [-0.3, -0.25) is 0 Å². The lowest BCUT2D eigenvalue weighted by atomic mass is 9.85. The van der Waals surface area contributed by atoms with E-state index in [0.717, 1.165) is 22.3 Å². The Bertz CT molecular complexity index is 2700. The van der Waals surface area contributed by atoms with Gasteiger partial charge in [0.2, 0.25) is 0 Å². The van der Waals surface area contributed by atoms with Gasteiger partial charge >= 0.3 is 0 Å². The average molecular weight is 801 g/mol. The smallest absolute Gasteiger partial charge is 0.0105 e. The van der Waals surface area contributed by atoms with Crippen molar-refractivity contribution in [2.45, 2.75) is 52.4 Å². The fourth-order valence-corrected chi connectivity index (χ4v) is 8.02. The zero-order valence-electron chi connectivity index (χ0n) is 36.9. The van der Waals surface area contributed by atoms with Gasteiger partial charge in [0.05, 0.1) is 0 Å². The molecule has 0 saturated carbocycles. The number of rotatable bonds is 10. The van der Waals surface area contributed by atoms with Crippen LogP contribution in [0.15, 0.2) is 194 Å². The zero-order valence-corrected chi connectivity index (χ0v) is 36.9. The van der Waals surface area contributed by atoms with E-state index in [2.05, 4.69) is 272 Å². The van der Waals surface area contributed by atoms with Crippen molar-refractivity contribution >= 4 is 58.4 Å². The maximum atomic E-state index is 2.34. The van der Waals surface area contributed by atoms with Crippen LogP contribution in [0.4, 0.5) is 0 Å². The molecule has 0 amide bonds. The Labute approximate surface area is 370 Å². The molecule has 8 rings (SSSR count). The predicted molar refractivity (Wildman–Crippen MR) is 272 cm³/mol. The van der Waals surface area contributed by atoms with Crippen molar-refractivity contribution in [2.24, 2.45) is 0 Å². The fraction of sp³-hybridized carbons (Fsp3) is 0.129. The van der Waals surface area contributed by atoms with E-state index in [1.807, 2.05) is 0 Å². The van der Waals surface area contributed by atoms with Crippen LogP contribution in [0.3, 0.4) is 0 Å². The van der Waals surface area contributed by atoms with Crippen molar-refractivity contribution < 1.29 is 0 Å². The maximum absolute atomic E-state index is 2.34. The van der Waals surface area contributed by atoms with Crippen molar-refractivity contribution in [2.75, 3.05) is 0 Å². The highest BCUT2D eigenvalue weighted by atomic mass is 14.2. The monoisotopic (exact) mass is 800 g/mol. The second-order valence-corrected chi connectivity index (χ2v) is 18.3. The quantitative estimate of drug-likeness (QED) is 0.121. The van der Waals surface area contributed by atoms with Gasteiger partial charge in [-0.2, -0.15) is 0 Å². The summed E-state index contributed by atoms with van der Waals surface area (Å²) in [6.07, 6.45) is 13.8. The number of benzene rings is 8. The van der Waals surface area contributed by atoms with Gasteiger partial charge in [-0.15, -0.1) is 0 Å². The molecule has 0 aliphatic carbocycles. The van der Waals surface area contributed by atoms with E-state index < -0.39 is 0 Å². The standard InChI is InChI=1S/C62H56/c1-61(2,3)57-37-33-49(34-38-57)59(47-21-9-7-10-22-47)43-53-27-15-13-19-45(53)29-31-55-41-51-25-17-18-26-52(51)42-56(55)32-30-46-20-14-16-28-54(46)44-60(48-23-11-8-12-24-48)50-35-39-58(40-36-50)62(4,5)6/h7-44H,1-6H3/b31-29?,32-30?,59-43-,60-44-. The second kappa shape index (κ2) is 18.3. The first-order valence-corrected chi connectivity index (χ1v) is 21.8. The molecule has 0 fully saturated rings. The Morgan fingerprint density at radius 1 is 0.290 bits per heavy atom. The first kappa shape index (κ1) is 41.7. The fourth-order valence-electron chi connectivity index (χ4n) is 8.02. The van der Waals surface area contributed by atoms with Gasteiger partial charge < -0.3 is 0 Å². The molecular formula is C62H56. The summed E-state index contributed by atoms with van der Waals surface area (Å²) in [5.74, 6) is 0. The minimum atomic E-state index is 0.0923. The molecule has 0 N–H and O–H groups in total. The average Bonchev–Trinajstić information content (AvgIpc) is 3.29. The molecule has 0 aliphatic rings. The molecule has 0 heteroatoms. The highest BCUT2D eigenvalue weighted by Gasteiger charge is 2.16. The topological polar surface area (TPSA) is 0 Å². The normalized spacial score (nSPS) is 12.7. The van der Waals surface area contributed by atoms with Crippen molar-refractivity contribution in [1.82, 2.24) is 0 Å². The third-order valence-corrected chi connectivity index (χ3v) is 11.7. The Kier molecular flexibility index (Phi) is 12.3. The highest BCUT2D eigenvalue weighted by molar-refractivity contribution is 5.96. The van der Waals surface area contributed by atoms with Gasteiger partial charge in [0.1, 0.15) is 0 Å². The van der Waals surface area contributed by atoms with Crippen LogP contribution in [0.2, 0.25) is 0 Å². The number of hydrogen-bond acceptors (Lipinski definition) is 0. The van der Waals surface area contributed by atoms with Gasteiger partial charge in [0, 0.05) is 0 Å². The highest BCUT2D eigenvalue weighted by Crippen LogP contribution is 2.33. The van der Waals surface area contributed by atoms with Gasteiger partial charge in [-0.1, -0.05) is 248 Å². The molecule has 304 valence electrons. The summed E-state index contributed by atoms with van der Waals surface area (Å²) in [7, 11) is 0. The Morgan fingerprint density at radius 3 is 0.935 bits per heavy atom. The molecule has 8 aromatic carbocycles. The predicted octanol–water partition coefficient (Wildman–Crippen LogP) is 17.0. The zero-order chi connectivity index (χ0) is 43.1. The van der Waals surface area contributed by atoms with Crippen molar-refractivity contribution in [3.63, 3.8) is 0 Å². The summed E-state index contributed by atoms with van der Waals surface area (Å²) in [4.78, 5) is 0. The molecule has 0 radical (unpaired) electrons. The van der Waals surface area contributed by atoms with Crippen LogP contribution < -0.4 is 0 Å². The van der Waals surface area contributed by atoms with Crippen LogP contribution >= 0.6 is 0 Å². The first-order chi connectivity index (χ1) is 30.0. The van der Waals surface area contributed by atoms with Gasteiger partial charge in [-0.05, 0) is 124 Å².